The van der Waals surface area contributed by atoms with Gasteiger partial charge in [-0.05, 0) is 32.0 Å². The molecule has 3 heteroatoms. The molecule has 1 heterocycles. The van der Waals surface area contributed by atoms with Gasteiger partial charge in [-0.1, -0.05) is 18.2 Å². The number of pyridine rings is 1. The van der Waals surface area contributed by atoms with Crippen molar-refractivity contribution >= 4 is 0 Å². The summed E-state index contributed by atoms with van der Waals surface area (Å²) in [5.41, 5.74) is 1.60. The molecule has 3 nitrogen and oxygen atoms in total. The largest absolute Gasteiger partial charge is 0.455 e. The molecule has 0 radical (unpaired) electrons. The van der Waals surface area contributed by atoms with Crippen molar-refractivity contribution in [2.45, 2.75) is 20.0 Å². The number of aliphatic hydroxyl groups is 1. The first kappa shape index (κ1) is 11.6. The average Bonchev–Trinajstić information content (AvgIpc) is 2.32. The van der Waals surface area contributed by atoms with Crippen LogP contribution in [0.2, 0.25) is 0 Å². The second kappa shape index (κ2) is 4.97. The monoisotopic (exact) mass is 229 g/mol. The first-order valence-electron chi connectivity index (χ1n) is 5.55. The molecule has 0 saturated heterocycles. The summed E-state index contributed by atoms with van der Waals surface area (Å²) in [6.45, 7) is 3.61. The number of para-hydroxylation sites is 1. The number of aliphatic hydroxyl groups excluding tert-OH is 1. The van der Waals surface area contributed by atoms with E-state index >= 15 is 0 Å². The van der Waals surface area contributed by atoms with Gasteiger partial charge < -0.3 is 9.84 Å². The molecule has 0 aliphatic carbocycles. The third-order valence-corrected chi connectivity index (χ3v) is 2.55. The Labute approximate surface area is 101 Å². The van der Waals surface area contributed by atoms with Gasteiger partial charge in [0.15, 0.2) is 0 Å². The molecule has 0 aliphatic rings. The van der Waals surface area contributed by atoms with Crippen LogP contribution in [0, 0.1) is 6.92 Å². The Balaban J connectivity index is 2.34. The van der Waals surface area contributed by atoms with Crippen molar-refractivity contribution in [3.05, 3.63) is 53.9 Å². The van der Waals surface area contributed by atoms with Crippen molar-refractivity contribution in [2.75, 3.05) is 0 Å². The minimum Gasteiger partial charge on any atom is -0.455 e. The van der Waals surface area contributed by atoms with Crippen molar-refractivity contribution in [1.82, 2.24) is 4.98 Å². The topological polar surface area (TPSA) is 42.4 Å². The molecule has 0 fully saturated rings. The van der Waals surface area contributed by atoms with Gasteiger partial charge in [0.2, 0.25) is 0 Å². The number of hydrogen-bond acceptors (Lipinski definition) is 3. The maximum Gasteiger partial charge on any atom is 0.148 e. The fraction of sp³-hybridized carbons (Fsp3) is 0.214. The lowest BCUT2D eigenvalue weighted by molar-refractivity contribution is 0.195. The van der Waals surface area contributed by atoms with Crippen molar-refractivity contribution in [1.29, 1.82) is 0 Å². The number of ether oxygens (including phenoxy) is 1. The summed E-state index contributed by atoms with van der Waals surface area (Å²) >= 11 is 0. The van der Waals surface area contributed by atoms with Crippen LogP contribution in [0.5, 0.6) is 11.5 Å². The third kappa shape index (κ3) is 2.63. The van der Waals surface area contributed by atoms with E-state index in [0.29, 0.717) is 11.5 Å². The first-order chi connectivity index (χ1) is 8.18. The van der Waals surface area contributed by atoms with E-state index in [-0.39, 0.29) is 0 Å². The highest BCUT2D eigenvalue weighted by Gasteiger charge is 2.10. The second-order valence-corrected chi connectivity index (χ2v) is 3.90. The van der Waals surface area contributed by atoms with E-state index < -0.39 is 6.10 Å². The van der Waals surface area contributed by atoms with E-state index in [1.807, 2.05) is 43.3 Å². The van der Waals surface area contributed by atoms with E-state index in [1.54, 1.807) is 13.1 Å². The number of benzene rings is 1. The van der Waals surface area contributed by atoms with Gasteiger partial charge in [-0.15, -0.1) is 0 Å². The molecule has 2 rings (SSSR count). The maximum atomic E-state index is 9.66. The van der Waals surface area contributed by atoms with Gasteiger partial charge in [-0.25, -0.2) is 0 Å². The number of aryl methyl sites for hydroxylation is 1. The minimum absolute atomic E-state index is 0.553. The van der Waals surface area contributed by atoms with Gasteiger partial charge in [0.25, 0.3) is 0 Å². The van der Waals surface area contributed by atoms with E-state index in [0.717, 1.165) is 11.3 Å². The van der Waals surface area contributed by atoms with Crippen LogP contribution < -0.4 is 4.74 Å². The molecule has 0 saturated carbocycles. The maximum absolute atomic E-state index is 9.66. The molecule has 1 atom stereocenters. The van der Waals surface area contributed by atoms with E-state index in [1.165, 1.54) is 0 Å². The van der Waals surface area contributed by atoms with Gasteiger partial charge >= 0.3 is 0 Å². The molecule has 1 aromatic heterocycles. The normalized spacial score (nSPS) is 12.2. The summed E-state index contributed by atoms with van der Waals surface area (Å²) in [5.74, 6) is 1.37. The zero-order chi connectivity index (χ0) is 12.3. The van der Waals surface area contributed by atoms with Crippen LogP contribution in [-0.2, 0) is 0 Å². The Kier molecular flexibility index (Phi) is 3.40. The predicted molar refractivity (Wildman–Crippen MR) is 66.1 cm³/mol. The fourth-order valence-corrected chi connectivity index (χ4v) is 1.61. The average molecular weight is 229 g/mol. The standard InChI is InChI=1S/C14H15NO2/c1-10-13(8-5-9-15-10)17-14-7-4-3-6-12(14)11(2)16/h3-9,11,16H,1-2H3/t11-/m1/s1. The third-order valence-electron chi connectivity index (χ3n) is 2.55. The lowest BCUT2D eigenvalue weighted by Gasteiger charge is -2.13. The predicted octanol–water partition coefficient (Wildman–Crippen LogP) is 3.24. The van der Waals surface area contributed by atoms with Crippen molar-refractivity contribution in [2.24, 2.45) is 0 Å². The Morgan fingerprint density at radius 1 is 1.12 bits per heavy atom. The molecule has 0 amide bonds. The zero-order valence-electron chi connectivity index (χ0n) is 9.92. The molecular formula is C14H15NO2. The summed E-state index contributed by atoms with van der Waals surface area (Å²) in [4.78, 5) is 4.16. The summed E-state index contributed by atoms with van der Waals surface area (Å²) in [7, 11) is 0. The lowest BCUT2D eigenvalue weighted by atomic mass is 10.1. The highest BCUT2D eigenvalue weighted by molar-refractivity contribution is 5.39. The summed E-state index contributed by atoms with van der Waals surface area (Å²) < 4.78 is 5.78. The molecule has 17 heavy (non-hydrogen) atoms. The van der Waals surface area contributed by atoms with Crippen molar-refractivity contribution < 1.29 is 9.84 Å². The Morgan fingerprint density at radius 3 is 2.53 bits per heavy atom. The van der Waals surface area contributed by atoms with Gasteiger partial charge in [0, 0.05) is 11.8 Å². The van der Waals surface area contributed by atoms with Crippen LogP contribution in [0.15, 0.2) is 42.6 Å². The van der Waals surface area contributed by atoms with Crippen LogP contribution in [0.1, 0.15) is 24.3 Å². The fourth-order valence-electron chi connectivity index (χ4n) is 1.61. The van der Waals surface area contributed by atoms with Crippen molar-refractivity contribution in [3.63, 3.8) is 0 Å². The van der Waals surface area contributed by atoms with Crippen LogP contribution in [0.3, 0.4) is 0 Å². The molecule has 0 bridgehead atoms. The van der Waals surface area contributed by atoms with Crippen LogP contribution in [0.25, 0.3) is 0 Å². The highest BCUT2D eigenvalue weighted by Crippen LogP contribution is 2.30. The molecule has 88 valence electrons. The molecule has 0 aliphatic heterocycles. The molecule has 1 aromatic carbocycles. The van der Waals surface area contributed by atoms with E-state index in [9.17, 15) is 5.11 Å². The van der Waals surface area contributed by atoms with Crippen LogP contribution in [0.4, 0.5) is 0 Å². The summed E-state index contributed by atoms with van der Waals surface area (Å²) in [5, 5.41) is 9.66. The number of aromatic nitrogens is 1. The molecule has 0 unspecified atom stereocenters. The number of rotatable bonds is 3. The minimum atomic E-state index is -0.553. The summed E-state index contributed by atoms with van der Waals surface area (Å²) in [6, 6.07) is 11.1. The van der Waals surface area contributed by atoms with Gasteiger partial charge in [0.05, 0.1) is 11.8 Å². The van der Waals surface area contributed by atoms with Gasteiger partial charge in [-0.3, -0.25) is 4.98 Å². The Hall–Kier alpha value is -1.87. The van der Waals surface area contributed by atoms with Gasteiger partial charge in [0.1, 0.15) is 11.5 Å². The molecule has 1 N–H and O–H groups in total. The smallest absolute Gasteiger partial charge is 0.148 e. The second-order valence-electron chi connectivity index (χ2n) is 3.90. The van der Waals surface area contributed by atoms with Crippen LogP contribution >= 0.6 is 0 Å². The quantitative estimate of drug-likeness (QED) is 0.878. The SMILES string of the molecule is Cc1ncccc1Oc1ccccc1[C@@H](C)O. The van der Waals surface area contributed by atoms with Crippen molar-refractivity contribution in [3.8, 4) is 11.5 Å². The number of hydrogen-bond donors (Lipinski definition) is 1. The van der Waals surface area contributed by atoms with E-state index in [4.69, 9.17) is 4.74 Å². The zero-order valence-corrected chi connectivity index (χ0v) is 9.92. The van der Waals surface area contributed by atoms with Crippen LogP contribution in [-0.4, -0.2) is 10.1 Å². The molecule has 2 aromatic rings. The first-order valence-corrected chi connectivity index (χ1v) is 5.55. The Bertz CT molecular complexity index is 509. The number of nitrogens with zero attached hydrogens (tertiary/aromatic N) is 1. The molecular weight excluding hydrogens is 214 g/mol. The highest BCUT2D eigenvalue weighted by atomic mass is 16.5. The summed E-state index contributed by atoms with van der Waals surface area (Å²) in [6.07, 6.45) is 1.17. The van der Waals surface area contributed by atoms with E-state index in [2.05, 4.69) is 4.98 Å². The molecule has 0 spiro atoms. The Morgan fingerprint density at radius 2 is 1.82 bits per heavy atom. The van der Waals surface area contributed by atoms with Gasteiger partial charge in [-0.2, -0.15) is 0 Å². The lowest BCUT2D eigenvalue weighted by Crippen LogP contribution is -1.97.